The van der Waals surface area contributed by atoms with Crippen molar-refractivity contribution < 1.29 is 13.9 Å². The third kappa shape index (κ3) is 3.74. The van der Waals surface area contributed by atoms with E-state index in [1.54, 1.807) is 12.1 Å². The zero-order valence-electron chi connectivity index (χ0n) is 10.9. The first-order valence-corrected chi connectivity index (χ1v) is 7.23. The number of halogens is 1. The van der Waals surface area contributed by atoms with Crippen LogP contribution in [0.15, 0.2) is 53.4 Å². The maximum absolute atomic E-state index is 13.3. The van der Waals surface area contributed by atoms with E-state index in [2.05, 4.69) is 5.32 Å². The predicted molar refractivity (Wildman–Crippen MR) is 78.7 cm³/mol. The van der Waals surface area contributed by atoms with Crippen LogP contribution in [0.4, 0.5) is 10.1 Å². The van der Waals surface area contributed by atoms with Crippen molar-refractivity contribution in [1.82, 2.24) is 0 Å². The van der Waals surface area contributed by atoms with E-state index in [-0.39, 0.29) is 18.3 Å². The molecule has 0 unspecified atom stereocenters. The third-order valence-corrected chi connectivity index (χ3v) is 3.37. The van der Waals surface area contributed by atoms with Crippen LogP contribution in [-0.2, 0) is 4.79 Å². The van der Waals surface area contributed by atoms with Crippen molar-refractivity contribution >= 4 is 23.4 Å². The van der Waals surface area contributed by atoms with Gasteiger partial charge < -0.3 is 10.1 Å². The molecule has 0 fully saturated rings. The highest BCUT2D eigenvalue weighted by Crippen LogP contribution is 2.24. The quantitative estimate of drug-likeness (QED) is 0.856. The Bertz CT molecular complexity index is 604. The summed E-state index contributed by atoms with van der Waals surface area (Å²) in [4.78, 5) is 12.8. The number of amides is 1. The summed E-state index contributed by atoms with van der Waals surface area (Å²) < 4.78 is 18.5. The fourth-order valence-electron chi connectivity index (χ4n) is 1.64. The molecule has 0 aliphatic heterocycles. The average molecular weight is 291 g/mol. The monoisotopic (exact) mass is 291 g/mol. The Morgan fingerprint density at radius 1 is 1.20 bits per heavy atom. The number of carbonyl (C=O) groups excluding carboxylic acids is 1. The van der Waals surface area contributed by atoms with E-state index >= 15 is 0 Å². The lowest BCUT2D eigenvalue weighted by molar-refractivity contribution is -0.118. The molecule has 104 valence electrons. The summed E-state index contributed by atoms with van der Waals surface area (Å²) >= 11 is 1.54. The van der Waals surface area contributed by atoms with E-state index in [0.29, 0.717) is 0 Å². The molecule has 2 rings (SSSR count). The van der Waals surface area contributed by atoms with Gasteiger partial charge in [0.2, 0.25) is 0 Å². The van der Waals surface area contributed by atoms with E-state index in [1.165, 1.54) is 23.9 Å². The number of anilines is 1. The molecule has 0 heterocycles. The summed E-state index contributed by atoms with van der Waals surface area (Å²) in [7, 11) is 0. The number of carbonyl (C=O) groups is 1. The van der Waals surface area contributed by atoms with Crippen molar-refractivity contribution in [3.63, 3.8) is 0 Å². The van der Waals surface area contributed by atoms with Gasteiger partial charge in [0.15, 0.2) is 18.2 Å². The Morgan fingerprint density at radius 3 is 2.65 bits per heavy atom. The fraction of sp³-hybridized carbons (Fsp3) is 0.133. The molecular formula is C15H14FNO2S. The summed E-state index contributed by atoms with van der Waals surface area (Å²) in [6.45, 7) is -0.232. The molecule has 20 heavy (non-hydrogen) atoms. The SMILES string of the molecule is CSc1ccccc1NC(=O)COc1ccccc1F. The molecule has 2 aromatic rings. The van der Waals surface area contributed by atoms with Crippen LogP contribution in [0.5, 0.6) is 5.75 Å². The van der Waals surface area contributed by atoms with Crippen LogP contribution in [-0.4, -0.2) is 18.8 Å². The predicted octanol–water partition coefficient (Wildman–Crippen LogP) is 3.57. The zero-order chi connectivity index (χ0) is 14.4. The molecule has 0 aromatic heterocycles. The van der Waals surface area contributed by atoms with Crippen LogP contribution in [0.25, 0.3) is 0 Å². The number of para-hydroxylation sites is 2. The van der Waals surface area contributed by atoms with Gasteiger partial charge in [0.1, 0.15) is 0 Å². The van der Waals surface area contributed by atoms with E-state index < -0.39 is 5.82 Å². The van der Waals surface area contributed by atoms with Gasteiger partial charge in [-0.1, -0.05) is 24.3 Å². The first-order chi connectivity index (χ1) is 9.70. The second kappa shape index (κ2) is 6.96. The molecule has 1 N–H and O–H groups in total. The van der Waals surface area contributed by atoms with Gasteiger partial charge >= 0.3 is 0 Å². The molecule has 1 amide bonds. The Morgan fingerprint density at radius 2 is 1.90 bits per heavy atom. The van der Waals surface area contributed by atoms with Crippen LogP contribution in [0.3, 0.4) is 0 Å². The van der Waals surface area contributed by atoms with Crippen molar-refractivity contribution in [3.05, 3.63) is 54.3 Å². The largest absolute Gasteiger partial charge is 0.481 e. The lowest BCUT2D eigenvalue weighted by Crippen LogP contribution is -2.20. The molecule has 0 aliphatic rings. The van der Waals surface area contributed by atoms with E-state index in [9.17, 15) is 9.18 Å². The molecule has 5 heteroatoms. The van der Waals surface area contributed by atoms with Gasteiger partial charge in [0.05, 0.1) is 5.69 Å². The lowest BCUT2D eigenvalue weighted by atomic mass is 10.3. The topological polar surface area (TPSA) is 38.3 Å². The first kappa shape index (κ1) is 14.4. The van der Waals surface area contributed by atoms with Gasteiger partial charge in [0, 0.05) is 4.90 Å². The summed E-state index contributed by atoms with van der Waals surface area (Å²) in [6, 6.07) is 13.5. The molecule has 0 aliphatic carbocycles. The highest BCUT2D eigenvalue weighted by atomic mass is 32.2. The average Bonchev–Trinajstić information content (AvgIpc) is 2.47. The van der Waals surface area contributed by atoms with Crippen LogP contribution in [0, 0.1) is 5.82 Å². The maximum atomic E-state index is 13.3. The Labute approximate surface area is 121 Å². The van der Waals surface area contributed by atoms with Gasteiger partial charge in [-0.3, -0.25) is 4.79 Å². The summed E-state index contributed by atoms with van der Waals surface area (Å²) in [5.41, 5.74) is 0.724. The van der Waals surface area contributed by atoms with Crippen LogP contribution in [0.2, 0.25) is 0 Å². The Balaban J connectivity index is 1.95. The normalized spacial score (nSPS) is 10.1. The molecule has 0 spiro atoms. The Kier molecular flexibility index (Phi) is 5.01. The fourth-order valence-corrected chi connectivity index (χ4v) is 2.19. The number of rotatable bonds is 5. The van der Waals surface area contributed by atoms with Crippen molar-refractivity contribution in [2.75, 3.05) is 18.2 Å². The van der Waals surface area contributed by atoms with Crippen molar-refractivity contribution in [1.29, 1.82) is 0 Å². The summed E-state index contributed by atoms with van der Waals surface area (Å²) in [5.74, 6) is -0.736. The minimum Gasteiger partial charge on any atom is -0.481 e. The van der Waals surface area contributed by atoms with Crippen LogP contribution < -0.4 is 10.1 Å². The molecule has 3 nitrogen and oxygen atoms in total. The number of nitrogens with one attached hydrogen (secondary N) is 1. The molecule has 0 radical (unpaired) electrons. The smallest absolute Gasteiger partial charge is 0.262 e. The molecule has 0 saturated carbocycles. The van der Waals surface area contributed by atoms with E-state index in [1.807, 2.05) is 30.5 Å². The molecule has 0 bridgehead atoms. The van der Waals surface area contributed by atoms with Gasteiger partial charge in [-0.15, -0.1) is 11.8 Å². The van der Waals surface area contributed by atoms with Crippen LogP contribution >= 0.6 is 11.8 Å². The molecular weight excluding hydrogens is 277 g/mol. The van der Waals surface area contributed by atoms with Gasteiger partial charge in [-0.05, 0) is 30.5 Å². The second-order valence-electron chi connectivity index (χ2n) is 3.97. The number of hydrogen-bond acceptors (Lipinski definition) is 3. The van der Waals surface area contributed by atoms with E-state index in [4.69, 9.17) is 4.74 Å². The Hall–Kier alpha value is -2.01. The molecule has 2 aromatic carbocycles. The number of benzene rings is 2. The van der Waals surface area contributed by atoms with Crippen LogP contribution in [0.1, 0.15) is 0 Å². The standard InChI is InChI=1S/C15H14FNO2S/c1-20-14-9-5-3-7-12(14)17-15(18)10-19-13-8-4-2-6-11(13)16/h2-9H,10H2,1H3,(H,17,18). The van der Waals surface area contributed by atoms with Crippen molar-refractivity contribution in [2.45, 2.75) is 4.90 Å². The molecule has 0 saturated heterocycles. The minimum atomic E-state index is -0.482. The minimum absolute atomic E-state index is 0.0702. The van der Waals surface area contributed by atoms with Crippen molar-refractivity contribution in [3.8, 4) is 5.75 Å². The summed E-state index contributed by atoms with van der Waals surface area (Å²) in [6.07, 6.45) is 1.93. The first-order valence-electron chi connectivity index (χ1n) is 6.01. The highest BCUT2D eigenvalue weighted by Gasteiger charge is 2.08. The third-order valence-electron chi connectivity index (χ3n) is 2.58. The second-order valence-corrected chi connectivity index (χ2v) is 4.82. The van der Waals surface area contributed by atoms with Gasteiger partial charge in [-0.2, -0.15) is 0 Å². The summed E-state index contributed by atoms with van der Waals surface area (Å²) in [5, 5.41) is 2.74. The highest BCUT2D eigenvalue weighted by molar-refractivity contribution is 7.98. The number of thioether (sulfide) groups is 1. The van der Waals surface area contributed by atoms with Gasteiger partial charge in [0.25, 0.3) is 5.91 Å². The number of hydrogen-bond donors (Lipinski definition) is 1. The van der Waals surface area contributed by atoms with Gasteiger partial charge in [-0.25, -0.2) is 4.39 Å². The lowest BCUT2D eigenvalue weighted by Gasteiger charge is -2.10. The number of ether oxygens (including phenoxy) is 1. The zero-order valence-corrected chi connectivity index (χ0v) is 11.7. The van der Waals surface area contributed by atoms with Crippen molar-refractivity contribution in [2.24, 2.45) is 0 Å². The van der Waals surface area contributed by atoms with E-state index in [0.717, 1.165) is 10.6 Å². The maximum Gasteiger partial charge on any atom is 0.262 e. The molecule has 0 atom stereocenters.